The van der Waals surface area contributed by atoms with Gasteiger partial charge in [-0.3, -0.25) is 14.5 Å². The van der Waals surface area contributed by atoms with Crippen LogP contribution in [-0.2, 0) is 18.2 Å². The van der Waals surface area contributed by atoms with E-state index in [9.17, 15) is 4.79 Å². The van der Waals surface area contributed by atoms with Crippen molar-refractivity contribution in [1.82, 2.24) is 34.7 Å². The molecule has 0 atom stereocenters. The fraction of sp³-hybridized carbons (Fsp3) is 0.348. The van der Waals surface area contributed by atoms with Gasteiger partial charge < -0.3 is 10.1 Å². The number of nitrogens with zero attached hydrogens (tertiary/aromatic N) is 6. The van der Waals surface area contributed by atoms with Crippen LogP contribution in [-0.4, -0.2) is 54.5 Å². The predicted molar refractivity (Wildman–Crippen MR) is 116 cm³/mol. The normalized spacial score (nSPS) is 17.3. The number of amides is 1. The summed E-state index contributed by atoms with van der Waals surface area (Å²) in [7, 11) is 1.89. The fourth-order valence-electron chi connectivity index (χ4n) is 4.71. The number of hydrogen-bond donors (Lipinski definition) is 1. The van der Waals surface area contributed by atoms with Gasteiger partial charge in [-0.15, -0.1) is 0 Å². The Morgan fingerprint density at radius 1 is 1.16 bits per heavy atom. The quantitative estimate of drug-likeness (QED) is 0.521. The first kappa shape index (κ1) is 19.1. The van der Waals surface area contributed by atoms with E-state index in [1.165, 1.54) is 6.33 Å². The second kappa shape index (κ2) is 7.23. The second-order valence-corrected chi connectivity index (χ2v) is 8.99. The van der Waals surface area contributed by atoms with Crippen LogP contribution in [0.4, 0.5) is 0 Å². The molecule has 9 heteroatoms. The van der Waals surface area contributed by atoms with Crippen molar-refractivity contribution in [3.8, 4) is 11.3 Å². The molecule has 9 nitrogen and oxygen atoms in total. The van der Waals surface area contributed by atoms with Gasteiger partial charge in [0.1, 0.15) is 6.33 Å². The summed E-state index contributed by atoms with van der Waals surface area (Å²) in [5.41, 5.74) is 5.30. The average molecular weight is 429 g/mol. The Kier molecular flexibility index (Phi) is 4.32. The molecule has 4 aromatic rings. The van der Waals surface area contributed by atoms with Gasteiger partial charge in [0, 0.05) is 49.1 Å². The summed E-state index contributed by atoms with van der Waals surface area (Å²) < 4.78 is 8.76. The molecule has 6 rings (SSSR count). The van der Waals surface area contributed by atoms with Crippen LogP contribution in [0.3, 0.4) is 0 Å². The Bertz CT molecular complexity index is 1300. The number of ether oxygens (including phenoxy) is 1. The summed E-state index contributed by atoms with van der Waals surface area (Å²) in [6.07, 6.45) is 11.6. The number of pyridine rings is 2. The molecule has 1 aliphatic carbocycles. The van der Waals surface area contributed by atoms with E-state index in [2.05, 4.69) is 31.5 Å². The van der Waals surface area contributed by atoms with Gasteiger partial charge in [0.2, 0.25) is 0 Å². The van der Waals surface area contributed by atoms with Gasteiger partial charge >= 0.3 is 0 Å². The average Bonchev–Trinajstić information content (AvgIpc) is 3.37. The highest BCUT2D eigenvalue weighted by molar-refractivity contribution is 6.00. The molecule has 2 aliphatic rings. The maximum absolute atomic E-state index is 13.0. The second-order valence-electron chi connectivity index (χ2n) is 8.99. The maximum atomic E-state index is 13.0. The topological polar surface area (TPSA) is 99.2 Å². The van der Waals surface area contributed by atoms with Gasteiger partial charge in [-0.1, -0.05) is 6.07 Å². The summed E-state index contributed by atoms with van der Waals surface area (Å²) in [5.74, 6) is -0.102. The van der Waals surface area contributed by atoms with Crippen molar-refractivity contribution in [1.29, 1.82) is 0 Å². The number of fused-ring (bicyclic) bond motifs is 1. The zero-order valence-corrected chi connectivity index (χ0v) is 17.7. The maximum Gasteiger partial charge on any atom is 0.255 e. The van der Waals surface area contributed by atoms with Crippen molar-refractivity contribution >= 4 is 11.6 Å². The summed E-state index contributed by atoms with van der Waals surface area (Å²) in [5, 5.41) is 11.6. The van der Waals surface area contributed by atoms with Crippen molar-refractivity contribution in [2.75, 3.05) is 13.2 Å². The molecule has 0 bridgehead atoms. The van der Waals surface area contributed by atoms with Crippen LogP contribution >= 0.6 is 0 Å². The zero-order chi connectivity index (χ0) is 21.7. The van der Waals surface area contributed by atoms with Crippen molar-refractivity contribution in [2.24, 2.45) is 12.5 Å². The predicted octanol–water partition coefficient (Wildman–Crippen LogP) is 2.02. The lowest BCUT2D eigenvalue weighted by molar-refractivity contribution is -0.165. The summed E-state index contributed by atoms with van der Waals surface area (Å²) in [6.45, 7) is 1.63. The number of aryl methyl sites for hydroxylation is 1. The molecule has 5 heterocycles. The number of nitrogens with one attached hydrogen (secondary N) is 1. The van der Waals surface area contributed by atoms with Gasteiger partial charge in [0.25, 0.3) is 5.91 Å². The summed E-state index contributed by atoms with van der Waals surface area (Å²) >= 11 is 0. The molecule has 1 N–H and O–H groups in total. The molecule has 2 fully saturated rings. The molecular formula is C23H23N7O2. The van der Waals surface area contributed by atoms with E-state index in [1.54, 1.807) is 15.4 Å². The molecule has 0 aromatic carbocycles. The van der Waals surface area contributed by atoms with Gasteiger partial charge in [0.15, 0.2) is 5.65 Å². The van der Waals surface area contributed by atoms with E-state index in [-0.39, 0.29) is 11.9 Å². The van der Waals surface area contributed by atoms with Crippen molar-refractivity contribution < 1.29 is 9.53 Å². The minimum Gasteiger partial charge on any atom is -0.380 e. The highest BCUT2D eigenvalue weighted by Crippen LogP contribution is 2.46. The van der Waals surface area contributed by atoms with Gasteiger partial charge in [-0.25, -0.2) is 9.50 Å². The van der Waals surface area contributed by atoms with E-state index < -0.39 is 0 Å². The van der Waals surface area contributed by atoms with E-state index >= 15 is 0 Å². The first-order valence-electron chi connectivity index (χ1n) is 10.7. The van der Waals surface area contributed by atoms with Crippen LogP contribution in [0.5, 0.6) is 0 Å². The molecule has 32 heavy (non-hydrogen) atoms. The molecule has 1 saturated carbocycles. The van der Waals surface area contributed by atoms with Gasteiger partial charge in [0.05, 0.1) is 30.7 Å². The van der Waals surface area contributed by atoms with Crippen LogP contribution in [0, 0.1) is 5.41 Å². The Balaban J connectivity index is 1.21. The molecule has 0 radical (unpaired) electrons. The van der Waals surface area contributed by atoms with Crippen LogP contribution in [0.25, 0.3) is 16.9 Å². The van der Waals surface area contributed by atoms with E-state index in [0.717, 1.165) is 48.4 Å². The van der Waals surface area contributed by atoms with E-state index in [0.29, 0.717) is 23.0 Å². The highest BCUT2D eigenvalue weighted by atomic mass is 16.5. The van der Waals surface area contributed by atoms with Crippen LogP contribution < -0.4 is 5.32 Å². The van der Waals surface area contributed by atoms with Crippen molar-refractivity contribution in [3.63, 3.8) is 0 Å². The van der Waals surface area contributed by atoms with Crippen molar-refractivity contribution in [2.45, 2.75) is 25.3 Å². The molecule has 1 spiro atoms. The third kappa shape index (κ3) is 3.34. The molecule has 0 unspecified atom stereocenters. The highest BCUT2D eigenvalue weighted by Gasteiger charge is 2.50. The van der Waals surface area contributed by atoms with Crippen LogP contribution in [0.15, 0.2) is 49.3 Å². The van der Waals surface area contributed by atoms with Gasteiger partial charge in [-0.05, 0) is 36.1 Å². The van der Waals surface area contributed by atoms with E-state index in [4.69, 9.17) is 4.74 Å². The molecule has 4 aromatic heterocycles. The number of rotatable bonds is 5. The van der Waals surface area contributed by atoms with E-state index in [1.807, 2.05) is 37.8 Å². The van der Waals surface area contributed by atoms with Crippen LogP contribution in [0.1, 0.15) is 34.3 Å². The fourth-order valence-corrected chi connectivity index (χ4v) is 4.71. The monoisotopic (exact) mass is 429 g/mol. The first-order valence-corrected chi connectivity index (χ1v) is 10.7. The third-order valence-electron chi connectivity index (χ3n) is 6.42. The molecule has 162 valence electrons. The lowest BCUT2D eigenvalue weighted by atomic mass is 9.64. The molecule has 1 aliphatic heterocycles. The SMILES string of the molecule is Cn1cc(-c2ccc(Cc3cc(C(=O)NC4CC5(COC5)C4)c4ncnn4c3)cn2)cn1. The third-order valence-corrected chi connectivity index (χ3v) is 6.42. The Hall–Kier alpha value is -3.59. The molecule has 1 amide bonds. The Morgan fingerprint density at radius 2 is 2.03 bits per heavy atom. The number of carbonyl (C=O) groups is 1. The number of hydrogen-bond acceptors (Lipinski definition) is 6. The summed E-state index contributed by atoms with van der Waals surface area (Å²) in [4.78, 5) is 21.9. The van der Waals surface area contributed by atoms with Gasteiger partial charge in [-0.2, -0.15) is 10.2 Å². The van der Waals surface area contributed by atoms with Crippen LogP contribution in [0.2, 0.25) is 0 Å². The lowest BCUT2D eigenvalue weighted by Gasteiger charge is -2.53. The first-order chi connectivity index (χ1) is 15.6. The number of aromatic nitrogens is 6. The largest absolute Gasteiger partial charge is 0.380 e. The zero-order valence-electron chi connectivity index (χ0n) is 17.7. The number of carbonyl (C=O) groups excluding carboxylic acids is 1. The standard InChI is InChI=1S/C23H23N7O2/c1-29-11-17(9-26-29)20-3-2-15(8-24-20)4-16-5-19(21-25-14-27-30(21)10-16)22(31)28-18-6-23(7-18)12-32-13-23/h2-3,5,8-11,14,18H,4,6-7,12-13H2,1H3,(H,28,31). The molecule has 1 saturated heterocycles. The Morgan fingerprint density at radius 3 is 2.72 bits per heavy atom. The smallest absolute Gasteiger partial charge is 0.255 e. The minimum atomic E-state index is -0.102. The van der Waals surface area contributed by atoms with Crippen molar-refractivity contribution in [3.05, 3.63) is 66.0 Å². The minimum absolute atomic E-state index is 0.102. The molecular weight excluding hydrogens is 406 g/mol. The Labute approximate surface area is 184 Å². The lowest BCUT2D eigenvalue weighted by Crippen LogP contribution is -2.59. The summed E-state index contributed by atoms with van der Waals surface area (Å²) in [6, 6.07) is 6.15.